The van der Waals surface area contributed by atoms with Gasteiger partial charge in [-0.2, -0.15) is 0 Å². The van der Waals surface area contributed by atoms with Gasteiger partial charge >= 0.3 is 0 Å². The van der Waals surface area contributed by atoms with Crippen molar-refractivity contribution in [3.63, 3.8) is 0 Å². The molecule has 0 amide bonds. The summed E-state index contributed by atoms with van der Waals surface area (Å²) in [6.45, 7) is 5.99. The molecular weight excluding hydrogens is 232 g/mol. The molecule has 1 unspecified atom stereocenters. The van der Waals surface area contributed by atoms with Gasteiger partial charge in [-0.05, 0) is 19.4 Å². The average molecular weight is 247 g/mol. The number of benzene rings is 1. The zero-order valence-corrected chi connectivity index (χ0v) is 11.0. The van der Waals surface area contributed by atoms with E-state index in [-0.39, 0.29) is 5.92 Å². The van der Waals surface area contributed by atoms with Crippen LogP contribution in [-0.2, 0) is 0 Å². The highest BCUT2D eigenvalue weighted by Crippen LogP contribution is 2.24. The van der Waals surface area contributed by atoms with Crippen LogP contribution in [0.1, 0.15) is 35.5 Å². The molecule has 0 bridgehead atoms. The maximum absolute atomic E-state index is 6.10. The lowest BCUT2D eigenvalue weighted by atomic mass is 10.0. The van der Waals surface area contributed by atoms with Crippen LogP contribution in [0.2, 0.25) is 5.15 Å². The van der Waals surface area contributed by atoms with Gasteiger partial charge in [0.1, 0.15) is 11.0 Å². The molecule has 0 saturated carbocycles. The van der Waals surface area contributed by atoms with Gasteiger partial charge in [-0.15, -0.1) is 0 Å². The van der Waals surface area contributed by atoms with Crippen LogP contribution in [0.5, 0.6) is 0 Å². The summed E-state index contributed by atoms with van der Waals surface area (Å²) in [4.78, 5) is 8.88. The molecule has 17 heavy (non-hydrogen) atoms. The molecular formula is C14H15ClN2. The number of hydrogen-bond donors (Lipinski definition) is 0. The van der Waals surface area contributed by atoms with E-state index in [9.17, 15) is 0 Å². The van der Waals surface area contributed by atoms with Crippen molar-refractivity contribution in [3.05, 3.63) is 58.1 Å². The van der Waals surface area contributed by atoms with Crippen LogP contribution in [-0.4, -0.2) is 9.97 Å². The quantitative estimate of drug-likeness (QED) is 0.751. The smallest absolute Gasteiger partial charge is 0.137 e. The van der Waals surface area contributed by atoms with E-state index < -0.39 is 0 Å². The highest BCUT2D eigenvalue weighted by Gasteiger charge is 2.14. The van der Waals surface area contributed by atoms with Crippen molar-refractivity contribution in [2.24, 2.45) is 0 Å². The van der Waals surface area contributed by atoms with Gasteiger partial charge < -0.3 is 0 Å². The zero-order valence-electron chi connectivity index (χ0n) is 10.2. The third-order valence-corrected chi connectivity index (χ3v) is 3.40. The van der Waals surface area contributed by atoms with Gasteiger partial charge in [0.15, 0.2) is 0 Å². The molecule has 0 aliphatic rings. The maximum Gasteiger partial charge on any atom is 0.137 e. The second-order valence-electron chi connectivity index (χ2n) is 4.22. The molecule has 88 valence electrons. The first-order chi connectivity index (χ1) is 8.09. The molecule has 2 rings (SSSR count). The Balaban J connectivity index is 2.41. The van der Waals surface area contributed by atoms with Crippen molar-refractivity contribution >= 4 is 11.6 Å². The van der Waals surface area contributed by atoms with Crippen molar-refractivity contribution in [1.29, 1.82) is 0 Å². The molecule has 0 radical (unpaired) electrons. The molecule has 1 aromatic heterocycles. The molecule has 2 nitrogen and oxygen atoms in total. The molecule has 0 saturated heterocycles. The number of nitrogens with zero attached hydrogens (tertiary/aromatic N) is 2. The molecule has 1 heterocycles. The molecule has 0 spiro atoms. The standard InChI is InChI=1S/C14H15ClN2/c1-9-11(3)16-14(17-13(9)15)10(2)12-7-5-4-6-8-12/h4-8,10H,1-3H3. The van der Waals surface area contributed by atoms with Crippen molar-refractivity contribution in [1.82, 2.24) is 9.97 Å². The van der Waals surface area contributed by atoms with Crippen LogP contribution in [0.25, 0.3) is 0 Å². The Kier molecular flexibility index (Phi) is 3.43. The second kappa shape index (κ2) is 4.84. The fraction of sp³-hybridized carbons (Fsp3) is 0.286. The van der Waals surface area contributed by atoms with Gasteiger partial charge in [0.25, 0.3) is 0 Å². The van der Waals surface area contributed by atoms with E-state index in [0.717, 1.165) is 17.1 Å². The van der Waals surface area contributed by atoms with Gasteiger partial charge in [0, 0.05) is 17.2 Å². The van der Waals surface area contributed by atoms with Crippen LogP contribution in [0.3, 0.4) is 0 Å². The summed E-state index contributed by atoms with van der Waals surface area (Å²) in [6, 6.07) is 10.2. The lowest BCUT2D eigenvalue weighted by molar-refractivity contribution is 0.800. The summed E-state index contributed by atoms with van der Waals surface area (Å²) in [5, 5.41) is 0.551. The average Bonchev–Trinajstić information content (AvgIpc) is 2.35. The first-order valence-electron chi connectivity index (χ1n) is 5.65. The highest BCUT2D eigenvalue weighted by molar-refractivity contribution is 6.30. The van der Waals surface area contributed by atoms with Crippen LogP contribution in [0.15, 0.2) is 30.3 Å². The Labute approximate surface area is 107 Å². The van der Waals surface area contributed by atoms with Crippen molar-refractivity contribution in [2.45, 2.75) is 26.7 Å². The minimum absolute atomic E-state index is 0.160. The fourth-order valence-corrected chi connectivity index (χ4v) is 1.92. The first-order valence-corrected chi connectivity index (χ1v) is 6.03. The Morgan fingerprint density at radius 1 is 1.06 bits per heavy atom. The molecule has 0 fully saturated rings. The van der Waals surface area contributed by atoms with Crippen LogP contribution >= 0.6 is 11.6 Å². The minimum atomic E-state index is 0.160. The van der Waals surface area contributed by atoms with Gasteiger partial charge in [-0.25, -0.2) is 9.97 Å². The van der Waals surface area contributed by atoms with E-state index in [0.29, 0.717) is 5.15 Å². The largest absolute Gasteiger partial charge is 0.237 e. The van der Waals surface area contributed by atoms with Crippen LogP contribution in [0, 0.1) is 13.8 Å². The normalized spacial score (nSPS) is 12.5. The molecule has 0 aliphatic heterocycles. The number of hydrogen-bond acceptors (Lipinski definition) is 2. The predicted octanol–water partition coefficient (Wildman–Crippen LogP) is 3.90. The lowest BCUT2D eigenvalue weighted by Crippen LogP contribution is -2.05. The second-order valence-corrected chi connectivity index (χ2v) is 4.57. The molecule has 0 N–H and O–H groups in total. The first kappa shape index (κ1) is 12.1. The Hall–Kier alpha value is -1.41. The Morgan fingerprint density at radius 2 is 1.71 bits per heavy atom. The third kappa shape index (κ3) is 2.47. The predicted molar refractivity (Wildman–Crippen MR) is 70.5 cm³/mol. The van der Waals surface area contributed by atoms with E-state index in [2.05, 4.69) is 29.0 Å². The summed E-state index contributed by atoms with van der Waals surface area (Å²) < 4.78 is 0. The van der Waals surface area contributed by atoms with Crippen LogP contribution < -0.4 is 0 Å². The van der Waals surface area contributed by atoms with Crippen molar-refractivity contribution < 1.29 is 0 Å². The number of aryl methyl sites for hydroxylation is 1. The molecule has 3 heteroatoms. The van der Waals surface area contributed by atoms with Gasteiger partial charge in [0.05, 0.1) is 0 Å². The minimum Gasteiger partial charge on any atom is -0.237 e. The molecule has 1 atom stereocenters. The highest BCUT2D eigenvalue weighted by atomic mass is 35.5. The van der Waals surface area contributed by atoms with E-state index in [1.807, 2.05) is 32.0 Å². The lowest BCUT2D eigenvalue weighted by Gasteiger charge is -2.12. The zero-order chi connectivity index (χ0) is 12.4. The molecule has 1 aromatic carbocycles. The van der Waals surface area contributed by atoms with E-state index in [4.69, 9.17) is 11.6 Å². The Bertz CT molecular complexity index is 500. The summed E-state index contributed by atoms with van der Waals surface area (Å²) in [5.41, 5.74) is 3.10. The van der Waals surface area contributed by atoms with Gasteiger partial charge in [-0.1, -0.05) is 48.9 Å². The molecule has 0 aliphatic carbocycles. The number of rotatable bonds is 2. The molecule has 2 aromatic rings. The number of halogens is 1. The van der Waals surface area contributed by atoms with E-state index >= 15 is 0 Å². The fourth-order valence-electron chi connectivity index (χ4n) is 1.70. The summed E-state index contributed by atoms with van der Waals surface area (Å²) >= 11 is 6.10. The summed E-state index contributed by atoms with van der Waals surface area (Å²) in [6.07, 6.45) is 0. The van der Waals surface area contributed by atoms with E-state index in [1.54, 1.807) is 0 Å². The van der Waals surface area contributed by atoms with Crippen molar-refractivity contribution in [2.75, 3.05) is 0 Å². The van der Waals surface area contributed by atoms with Gasteiger partial charge in [0.2, 0.25) is 0 Å². The van der Waals surface area contributed by atoms with Crippen LogP contribution in [0.4, 0.5) is 0 Å². The Morgan fingerprint density at radius 3 is 2.29 bits per heavy atom. The SMILES string of the molecule is Cc1nc(C(C)c2ccccc2)nc(Cl)c1C. The summed E-state index contributed by atoms with van der Waals surface area (Å²) in [7, 11) is 0. The topological polar surface area (TPSA) is 25.8 Å². The third-order valence-electron chi connectivity index (χ3n) is 3.03. The summed E-state index contributed by atoms with van der Waals surface area (Å²) in [5.74, 6) is 0.942. The van der Waals surface area contributed by atoms with Gasteiger partial charge in [-0.3, -0.25) is 0 Å². The van der Waals surface area contributed by atoms with E-state index in [1.165, 1.54) is 5.56 Å². The number of aromatic nitrogens is 2. The maximum atomic E-state index is 6.10. The monoisotopic (exact) mass is 246 g/mol. The van der Waals surface area contributed by atoms with Crippen molar-refractivity contribution in [3.8, 4) is 0 Å².